The van der Waals surface area contributed by atoms with Crippen LogP contribution in [0.15, 0.2) is 36.5 Å². The lowest BCUT2D eigenvalue weighted by atomic mass is 10.1. The molecule has 0 unspecified atom stereocenters. The molecule has 0 fully saturated rings. The van der Waals surface area contributed by atoms with Crippen LogP contribution in [0.1, 0.15) is 25.1 Å². The number of amides is 1. The van der Waals surface area contributed by atoms with Gasteiger partial charge in [0, 0.05) is 31.7 Å². The van der Waals surface area contributed by atoms with Crippen LogP contribution in [0, 0.1) is 5.92 Å². The van der Waals surface area contributed by atoms with Crippen LogP contribution in [0.2, 0.25) is 0 Å². The summed E-state index contributed by atoms with van der Waals surface area (Å²) in [5.74, 6) is 1.32. The smallest absolute Gasteiger partial charge is 0.227 e. The van der Waals surface area contributed by atoms with Crippen LogP contribution in [0.25, 0.3) is 0 Å². The van der Waals surface area contributed by atoms with Crippen LogP contribution in [0.5, 0.6) is 5.75 Å². The number of benzene rings is 1. The minimum absolute atomic E-state index is 0.155. The Kier molecular flexibility index (Phi) is 6.50. The van der Waals surface area contributed by atoms with Crippen LogP contribution in [-0.2, 0) is 24.3 Å². The molecule has 1 amide bonds. The first-order valence-corrected chi connectivity index (χ1v) is 9.76. The molecule has 2 heterocycles. The lowest BCUT2D eigenvalue weighted by Crippen LogP contribution is -2.39. The van der Waals surface area contributed by atoms with Crippen LogP contribution in [0.4, 0.5) is 0 Å². The molecule has 1 atom stereocenters. The number of aromatic nitrogens is 2. The van der Waals surface area contributed by atoms with E-state index in [0.717, 1.165) is 49.7 Å². The second-order valence-electron chi connectivity index (χ2n) is 7.16. The van der Waals surface area contributed by atoms with Crippen molar-refractivity contribution in [1.82, 2.24) is 19.6 Å². The van der Waals surface area contributed by atoms with Crippen LogP contribution in [0.3, 0.4) is 0 Å². The molecule has 0 bridgehead atoms. The van der Waals surface area contributed by atoms with Gasteiger partial charge in [-0.2, -0.15) is 5.10 Å². The molecule has 1 aliphatic rings. The summed E-state index contributed by atoms with van der Waals surface area (Å²) in [6.07, 6.45) is 2.23. The standard InChI is InChI=1S/C21H30N4O2/c1-4-23(5-2)13-18-14-24(16-19-9-10-22-25(19)15-18)21(26)12-17-7-6-8-20(11-17)27-3/h6-11,18H,4-5,12-16H2,1-3H3/t18-/m0/s1. The summed E-state index contributed by atoms with van der Waals surface area (Å²) in [5.41, 5.74) is 2.09. The summed E-state index contributed by atoms with van der Waals surface area (Å²) in [5, 5.41) is 4.47. The average molecular weight is 370 g/mol. The summed E-state index contributed by atoms with van der Waals surface area (Å²) in [6, 6.07) is 9.77. The number of hydrogen-bond donors (Lipinski definition) is 0. The average Bonchev–Trinajstić information content (AvgIpc) is 3.04. The van der Waals surface area contributed by atoms with E-state index in [2.05, 4.69) is 28.5 Å². The topological polar surface area (TPSA) is 50.6 Å². The first-order chi connectivity index (χ1) is 13.1. The highest BCUT2D eigenvalue weighted by molar-refractivity contribution is 5.79. The zero-order valence-electron chi connectivity index (χ0n) is 16.6. The minimum atomic E-state index is 0.155. The Labute approximate surface area is 161 Å². The minimum Gasteiger partial charge on any atom is -0.497 e. The third-order valence-corrected chi connectivity index (χ3v) is 5.32. The lowest BCUT2D eigenvalue weighted by molar-refractivity contribution is -0.131. The van der Waals surface area contributed by atoms with Crippen molar-refractivity contribution in [2.45, 2.75) is 33.4 Å². The number of hydrogen-bond acceptors (Lipinski definition) is 4. The van der Waals surface area contributed by atoms with E-state index in [-0.39, 0.29) is 5.91 Å². The van der Waals surface area contributed by atoms with Crippen molar-refractivity contribution >= 4 is 5.91 Å². The molecule has 0 saturated heterocycles. The van der Waals surface area contributed by atoms with Crippen LogP contribution >= 0.6 is 0 Å². The summed E-state index contributed by atoms with van der Waals surface area (Å²) >= 11 is 0. The Hall–Kier alpha value is -2.34. The van der Waals surface area contributed by atoms with Crippen molar-refractivity contribution in [3.63, 3.8) is 0 Å². The van der Waals surface area contributed by atoms with Gasteiger partial charge in [0.15, 0.2) is 0 Å². The largest absolute Gasteiger partial charge is 0.497 e. The highest BCUT2D eigenvalue weighted by atomic mass is 16.5. The molecule has 0 saturated carbocycles. The van der Waals surface area contributed by atoms with Gasteiger partial charge >= 0.3 is 0 Å². The molecule has 6 nitrogen and oxygen atoms in total. The first-order valence-electron chi connectivity index (χ1n) is 9.76. The number of carbonyl (C=O) groups is 1. The Bertz CT molecular complexity index is 754. The summed E-state index contributed by atoms with van der Waals surface area (Å²) in [7, 11) is 1.65. The lowest BCUT2D eigenvalue weighted by Gasteiger charge is -2.28. The maximum atomic E-state index is 13.1. The third-order valence-electron chi connectivity index (χ3n) is 5.32. The van der Waals surface area contributed by atoms with Crippen molar-refractivity contribution in [2.24, 2.45) is 5.92 Å². The molecule has 0 aliphatic carbocycles. The van der Waals surface area contributed by atoms with E-state index in [1.165, 1.54) is 0 Å². The predicted molar refractivity (Wildman–Crippen MR) is 106 cm³/mol. The van der Waals surface area contributed by atoms with E-state index in [1.807, 2.05) is 41.4 Å². The molecule has 1 aromatic heterocycles. The molecule has 0 spiro atoms. The summed E-state index contributed by atoms with van der Waals surface area (Å²) in [4.78, 5) is 17.5. The number of nitrogens with zero attached hydrogens (tertiary/aromatic N) is 4. The van der Waals surface area contributed by atoms with Crippen molar-refractivity contribution in [3.05, 3.63) is 47.8 Å². The number of fused-ring (bicyclic) bond motifs is 1. The van der Waals surface area contributed by atoms with Crippen molar-refractivity contribution in [3.8, 4) is 5.75 Å². The van der Waals surface area contributed by atoms with E-state index >= 15 is 0 Å². The molecule has 3 rings (SSSR count). The van der Waals surface area contributed by atoms with Gasteiger partial charge in [-0.25, -0.2) is 0 Å². The highest BCUT2D eigenvalue weighted by Crippen LogP contribution is 2.19. The Morgan fingerprint density at radius 1 is 1.26 bits per heavy atom. The molecule has 2 aromatic rings. The maximum absolute atomic E-state index is 13.1. The molecule has 0 N–H and O–H groups in total. The van der Waals surface area contributed by atoms with Crippen LogP contribution in [-0.4, -0.2) is 58.8 Å². The summed E-state index contributed by atoms with van der Waals surface area (Å²) in [6.45, 7) is 9.65. The Balaban J connectivity index is 1.75. The predicted octanol–water partition coefficient (Wildman–Crippen LogP) is 2.43. The van der Waals surface area contributed by atoms with E-state index in [1.54, 1.807) is 7.11 Å². The number of ether oxygens (including phenoxy) is 1. The second kappa shape index (κ2) is 9.04. The Morgan fingerprint density at radius 2 is 2.07 bits per heavy atom. The van der Waals surface area contributed by atoms with Gasteiger partial charge in [0.1, 0.15) is 5.75 Å². The molecule has 6 heteroatoms. The molecule has 27 heavy (non-hydrogen) atoms. The maximum Gasteiger partial charge on any atom is 0.227 e. The normalized spacial score (nSPS) is 16.9. The fraction of sp³-hybridized carbons (Fsp3) is 0.524. The van der Waals surface area contributed by atoms with E-state index in [0.29, 0.717) is 18.9 Å². The molecule has 0 radical (unpaired) electrons. The molecule has 1 aromatic carbocycles. The molecular formula is C21H30N4O2. The van der Waals surface area contributed by atoms with Crippen molar-refractivity contribution in [1.29, 1.82) is 0 Å². The monoisotopic (exact) mass is 370 g/mol. The van der Waals surface area contributed by atoms with Gasteiger partial charge in [-0.15, -0.1) is 0 Å². The zero-order valence-corrected chi connectivity index (χ0v) is 16.6. The van der Waals surface area contributed by atoms with Gasteiger partial charge in [0.05, 0.1) is 25.8 Å². The van der Waals surface area contributed by atoms with Gasteiger partial charge in [-0.1, -0.05) is 26.0 Å². The number of methoxy groups -OCH3 is 1. The molecule has 146 valence electrons. The summed E-state index contributed by atoms with van der Waals surface area (Å²) < 4.78 is 7.34. The number of rotatable bonds is 7. The molecular weight excluding hydrogens is 340 g/mol. The Morgan fingerprint density at radius 3 is 2.81 bits per heavy atom. The van der Waals surface area contributed by atoms with Gasteiger partial charge in [-0.05, 0) is 36.9 Å². The van der Waals surface area contributed by atoms with E-state index in [9.17, 15) is 4.79 Å². The first kappa shape index (κ1) is 19.4. The van der Waals surface area contributed by atoms with Gasteiger partial charge in [0.25, 0.3) is 0 Å². The second-order valence-corrected chi connectivity index (χ2v) is 7.16. The van der Waals surface area contributed by atoms with Gasteiger partial charge < -0.3 is 14.5 Å². The third kappa shape index (κ3) is 4.89. The van der Waals surface area contributed by atoms with E-state index < -0.39 is 0 Å². The fourth-order valence-corrected chi connectivity index (χ4v) is 3.75. The van der Waals surface area contributed by atoms with Crippen molar-refractivity contribution in [2.75, 3.05) is 33.3 Å². The van der Waals surface area contributed by atoms with Crippen molar-refractivity contribution < 1.29 is 9.53 Å². The quantitative estimate of drug-likeness (QED) is 0.751. The fourth-order valence-electron chi connectivity index (χ4n) is 3.75. The zero-order chi connectivity index (χ0) is 19.2. The van der Waals surface area contributed by atoms with E-state index in [4.69, 9.17) is 4.74 Å². The van der Waals surface area contributed by atoms with Crippen LogP contribution < -0.4 is 4.74 Å². The highest BCUT2D eigenvalue weighted by Gasteiger charge is 2.26. The van der Waals surface area contributed by atoms with Gasteiger partial charge in [-0.3, -0.25) is 9.48 Å². The van der Waals surface area contributed by atoms with Gasteiger partial charge in [0.2, 0.25) is 5.91 Å². The molecule has 1 aliphatic heterocycles. The number of carbonyl (C=O) groups excluding carboxylic acids is 1. The SMILES string of the molecule is CCN(CC)C[C@H]1CN(C(=O)Cc2cccc(OC)c2)Cc2ccnn2C1.